The molecular weight excluding hydrogens is 324 g/mol. The van der Waals surface area contributed by atoms with Gasteiger partial charge in [-0.05, 0) is 34.7 Å². The number of hydrogen-bond acceptors (Lipinski definition) is 5. The summed E-state index contributed by atoms with van der Waals surface area (Å²) in [6, 6.07) is 0. The molecule has 1 atom stereocenters. The zero-order chi connectivity index (χ0) is 13.2. The van der Waals surface area contributed by atoms with Crippen molar-refractivity contribution in [3.05, 3.63) is 4.60 Å². The third-order valence-electron chi connectivity index (χ3n) is 2.86. The molecule has 2 rings (SSSR count). The molecule has 2 heterocycles. The maximum absolute atomic E-state index is 12.0. The number of ether oxygens (including phenoxy) is 1. The summed E-state index contributed by atoms with van der Waals surface area (Å²) in [5.41, 5.74) is 0. The molecule has 1 aliphatic rings. The largest absolute Gasteiger partial charge is 0.381 e. The zero-order valence-corrected chi connectivity index (χ0v) is 12.4. The average Bonchev–Trinajstić information content (AvgIpc) is 2.89. The van der Waals surface area contributed by atoms with Crippen molar-refractivity contribution in [3.8, 4) is 0 Å². The van der Waals surface area contributed by atoms with E-state index in [1.807, 2.05) is 0 Å². The Balaban J connectivity index is 1.95. The summed E-state index contributed by atoms with van der Waals surface area (Å²) in [4.78, 5) is 0. The van der Waals surface area contributed by atoms with Crippen LogP contribution in [0.4, 0.5) is 0 Å². The molecule has 0 aromatic carbocycles. The van der Waals surface area contributed by atoms with E-state index >= 15 is 0 Å². The predicted molar refractivity (Wildman–Crippen MR) is 67.4 cm³/mol. The zero-order valence-electron chi connectivity index (χ0n) is 9.97. The number of aromatic nitrogens is 3. The summed E-state index contributed by atoms with van der Waals surface area (Å²) >= 11 is 3.08. The van der Waals surface area contributed by atoms with Crippen LogP contribution in [0.1, 0.15) is 12.8 Å². The van der Waals surface area contributed by atoms with E-state index in [-0.39, 0.29) is 9.63 Å². The lowest BCUT2D eigenvalue weighted by Crippen LogP contribution is -2.28. The van der Waals surface area contributed by atoms with Gasteiger partial charge in [-0.1, -0.05) is 5.21 Å². The summed E-state index contributed by atoms with van der Waals surface area (Å²) in [6.45, 7) is 1.89. The standard InChI is InChI=1S/C9H15BrN4O3S/c1-14-9(8(10)12-13-14)18(15,16)11-4-2-7-3-5-17-6-7/h7,11H,2-6H2,1H3. The minimum atomic E-state index is -3.57. The molecular formula is C9H15BrN4O3S. The lowest BCUT2D eigenvalue weighted by Gasteiger charge is -2.09. The fourth-order valence-electron chi connectivity index (χ4n) is 1.88. The topological polar surface area (TPSA) is 86.1 Å². The highest BCUT2D eigenvalue weighted by Gasteiger charge is 2.24. The Labute approximate surface area is 114 Å². The van der Waals surface area contributed by atoms with Crippen LogP contribution in [0.2, 0.25) is 0 Å². The fraction of sp³-hybridized carbons (Fsp3) is 0.778. The minimum Gasteiger partial charge on any atom is -0.381 e. The lowest BCUT2D eigenvalue weighted by molar-refractivity contribution is 0.184. The summed E-state index contributed by atoms with van der Waals surface area (Å²) in [7, 11) is -2.03. The molecule has 1 aliphatic heterocycles. The Hall–Kier alpha value is -0.510. The molecule has 18 heavy (non-hydrogen) atoms. The van der Waals surface area contributed by atoms with Crippen molar-refractivity contribution >= 4 is 26.0 Å². The van der Waals surface area contributed by atoms with Gasteiger partial charge in [0.1, 0.15) is 0 Å². The first-order valence-corrected chi connectivity index (χ1v) is 7.91. The quantitative estimate of drug-likeness (QED) is 0.833. The first-order chi connectivity index (χ1) is 8.50. The second-order valence-corrected chi connectivity index (χ2v) is 6.66. The van der Waals surface area contributed by atoms with Gasteiger partial charge in [0.25, 0.3) is 10.0 Å². The molecule has 0 saturated carbocycles. The van der Waals surface area contributed by atoms with E-state index < -0.39 is 10.0 Å². The average molecular weight is 339 g/mol. The van der Waals surface area contributed by atoms with Gasteiger partial charge in [0.15, 0.2) is 4.60 Å². The minimum absolute atomic E-state index is 0.0465. The van der Waals surface area contributed by atoms with Gasteiger partial charge in [-0.25, -0.2) is 17.8 Å². The van der Waals surface area contributed by atoms with Crippen molar-refractivity contribution < 1.29 is 13.2 Å². The molecule has 0 aliphatic carbocycles. The summed E-state index contributed by atoms with van der Waals surface area (Å²) < 4.78 is 33.3. The predicted octanol–water partition coefficient (Wildman–Crippen LogP) is 0.282. The summed E-state index contributed by atoms with van der Waals surface area (Å²) in [6.07, 6.45) is 1.78. The molecule has 1 aromatic heterocycles. The second-order valence-electron chi connectivity index (χ2n) is 4.23. The third kappa shape index (κ3) is 3.08. The van der Waals surface area contributed by atoms with Gasteiger partial charge < -0.3 is 4.74 Å². The molecule has 7 nitrogen and oxygen atoms in total. The highest BCUT2D eigenvalue weighted by atomic mass is 79.9. The van der Waals surface area contributed by atoms with Crippen molar-refractivity contribution in [2.24, 2.45) is 13.0 Å². The van der Waals surface area contributed by atoms with Crippen LogP contribution in [0.3, 0.4) is 0 Å². The Morgan fingerprint density at radius 3 is 2.94 bits per heavy atom. The summed E-state index contributed by atoms with van der Waals surface area (Å²) in [5, 5.41) is 7.35. The first kappa shape index (κ1) is 13.9. The Morgan fingerprint density at radius 1 is 1.61 bits per heavy atom. The number of rotatable bonds is 5. The number of aryl methyl sites for hydroxylation is 1. The lowest BCUT2D eigenvalue weighted by atomic mass is 10.1. The number of nitrogens with one attached hydrogen (secondary N) is 1. The Bertz CT molecular complexity index is 490. The number of halogens is 1. The van der Waals surface area contributed by atoms with E-state index in [9.17, 15) is 8.42 Å². The molecule has 1 N–H and O–H groups in total. The molecule has 9 heteroatoms. The normalized spacial score (nSPS) is 20.4. The number of hydrogen-bond donors (Lipinski definition) is 1. The van der Waals surface area contributed by atoms with E-state index in [1.54, 1.807) is 0 Å². The van der Waals surface area contributed by atoms with E-state index in [1.165, 1.54) is 11.7 Å². The molecule has 0 bridgehead atoms. The second kappa shape index (κ2) is 5.64. The van der Waals surface area contributed by atoms with Crippen molar-refractivity contribution in [1.29, 1.82) is 0 Å². The molecule has 0 spiro atoms. The van der Waals surface area contributed by atoms with Gasteiger partial charge >= 0.3 is 0 Å². The number of sulfonamides is 1. The van der Waals surface area contributed by atoms with Gasteiger partial charge in [0.2, 0.25) is 5.03 Å². The van der Waals surface area contributed by atoms with Crippen molar-refractivity contribution in [3.63, 3.8) is 0 Å². The maximum Gasteiger partial charge on any atom is 0.260 e. The molecule has 1 aromatic rings. The number of nitrogens with zero attached hydrogens (tertiary/aromatic N) is 3. The monoisotopic (exact) mass is 338 g/mol. The van der Waals surface area contributed by atoms with E-state index in [0.717, 1.165) is 26.1 Å². The van der Waals surface area contributed by atoms with Crippen LogP contribution < -0.4 is 4.72 Å². The smallest absolute Gasteiger partial charge is 0.260 e. The Morgan fingerprint density at radius 2 is 2.39 bits per heavy atom. The SMILES string of the molecule is Cn1nnc(Br)c1S(=O)(=O)NCCC1CCOC1. The van der Waals surface area contributed by atoms with Crippen LogP contribution in [0.15, 0.2) is 9.63 Å². The maximum atomic E-state index is 12.0. The molecule has 1 unspecified atom stereocenters. The van der Waals surface area contributed by atoms with Crippen LogP contribution in [0.5, 0.6) is 0 Å². The third-order valence-corrected chi connectivity index (χ3v) is 5.21. The molecule has 1 fully saturated rings. The summed E-state index contributed by atoms with van der Waals surface area (Å²) in [5.74, 6) is 0.445. The van der Waals surface area contributed by atoms with Crippen LogP contribution >= 0.6 is 15.9 Å². The van der Waals surface area contributed by atoms with Gasteiger partial charge in [0, 0.05) is 26.8 Å². The molecule has 0 amide bonds. The van der Waals surface area contributed by atoms with E-state index in [0.29, 0.717) is 12.5 Å². The van der Waals surface area contributed by atoms with Crippen LogP contribution in [-0.4, -0.2) is 43.2 Å². The van der Waals surface area contributed by atoms with E-state index in [2.05, 4.69) is 31.0 Å². The van der Waals surface area contributed by atoms with Crippen LogP contribution in [-0.2, 0) is 21.8 Å². The Kier molecular flexibility index (Phi) is 4.36. The highest BCUT2D eigenvalue weighted by molar-refractivity contribution is 9.10. The van der Waals surface area contributed by atoms with Crippen molar-refractivity contribution in [2.75, 3.05) is 19.8 Å². The van der Waals surface area contributed by atoms with E-state index in [4.69, 9.17) is 4.74 Å². The van der Waals surface area contributed by atoms with Gasteiger partial charge in [0.05, 0.1) is 0 Å². The van der Waals surface area contributed by atoms with Crippen LogP contribution in [0, 0.1) is 5.92 Å². The molecule has 1 saturated heterocycles. The molecule has 0 radical (unpaired) electrons. The van der Waals surface area contributed by atoms with Gasteiger partial charge in [-0.2, -0.15) is 0 Å². The molecule has 102 valence electrons. The van der Waals surface area contributed by atoms with Crippen molar-refractivity contribution in [1.82, 2.24) is 19.7 Å². The first-order valence-electron chi connectivity index (χ1n) is 5.63. The van der Waals surface area contributed by atoms with Crippen molar-refractivity contribution in [2.45, 2.75) is 17.9 Å². The fourth-order valence-corrected chi connectivity index (χ4v) is 4.02. The van der Waals surface area contributed by atoms with Crippen LogP contribution in [0.25, 0.3) is 0 Å². The highest BCUT2D eigenvalue weighted by Crippen LogP contribution is 2.19. The van der Waals surface area contributed by atoms with Gasteiger partial charge in [-0.15, -0.1) is 5.10 Å². The van der Waals surface area contributed by atoms with Gasteiger partial charge in [-0.3, -0.25) is 0 Å².